The highest BCUT2D eigenvalue weighted by Crippen LogP contribution is 2.36. The van der Waals surface area contributed by atoms with E-state index in [0.29, 0.717) is 9.79 Å². The van der Waals surface area contributed by atoms with Gasteiger partial charge in [-0.15, -0.1) is 0 Å². The topological polar surface area (TPSA) is 86.7 Å². The summed E-state index contributed by atoms with van der Waals surface area (Å²) in [6.07, 6.45) is 0. The Balaban J connectivity index is 1.75. The number of carbonyl (C=O) groups excluding carboxylic acids is 4. The van der Waals surface area contributed by atoms with Crippen LogP contribution in [-0.2, 0) is 9.47 Å². The van der Waals surface area contributed by atoms with Gasteiger partial charge in [-0.25, -0.2) is 19.2 Å². The Hall–Kier alpha value is -2.93. The minimum Gasteiger partial charge on any atom is -0.386 e. The molecule has 0 amide bonds. The van der Waals surface area contributed by atoms with Crippen molar-refractivity contribution in [1.82, 2.24) is 0 Å². The van der Waals surface area contributed by atoms with Gasteiger partial charge in [0.05, 0.1) is 22.3 Å². The van der Waals surface area contributed by atoms with Gasteiger partial charge in [0.2, 0.25) is 0 Å². The van der Waals surface area contributed by atoms with E-state index in [4.69, 9.17) is 0 Å². The second-order valence-electron chi connectivity index (χ2n) is 4.84. The van der Waals surface area contributed by atoms with Crippen molar-refractivity contribution in [2.45, 2.75) is 9.79 Å². The van der Waals surface area contributed by atoms with Crippen LogP contribution < -0.4 is 0 Å². The van der Waals surface area contributed by atoms with Crippen LogP contribution >= 0.6 is 11.8 Å². The summed E-state index contributed by atoms with van der Waals surface area (Å²) in [7, 11) is 0. The molecule has 0 spiro atoms. The van der Waals surface area contributed by atoms with Crippen molar-refractivity contribution in [3.8, 4) is 0 Å². The molecule has 0 aliphatic carbocycles. The number of hydrogen-bond donors (Lipinski definition) is 0. The van der Waals surface area contributed by atoms with Gasteiger partial charge in [0, 0.05) is 9.79 Å². The molecule has 4 rings (SSSR count). The van der Waals surface area contributed by atoms with E-state index in [1.165, 1.54) is 30.0 Å². The van der Waals surface area contributed by atoms with Gasteiger partial charge in [-0.05, 0) is 30.3 Å². The average Bonchev–Trinajstić information content (AvgIpc) is 2.97. The maximum Gasteiger partial charge on any atom is 0.348 e. The Morgan fingerprint density at radius 2 is 1.39 bits per heavy atom. The van der Waals surface area contributed by atoms with Crippen LogP contribution in [-0.4, -0.2) is 23.9 Å². The van der Waals surface area contributed by atoms with Crippen LogP contribution in [0.2, 0.25) is 0 Å². The maximum absolute atomic E-state index is 11.8. The second-order valence-corrected chi connectivity index (χ2v) is 5.96. The first kappa shape index (κ1) is 13.7. The standard InChI is InChI=1S/C16H6O6S/c17-13-8-5-4-7(6-10(8)15(19)21-13)23-11-3-1-2-9-12(11)16(20)22-14(9)18/h1-6H. The number of benzene rings is 2. The average molecular weight is 326 g/mol. The number of fused-ring (bicyclic) bond motifs is 2. The molecule has 0 N–H and O–H groups in total. The fourth-order valence-electron chi connectivity index (χ4n) is 2.44. The van der Waals surface area contributed by atoms with Gasteiger partial charge in [0.25, 0.3) is 0 Å². The number of hydrogen-bond acceptors (Lipinski definition) is 7. The Labute approximate surface area is 133 Å². The van der Waals surface area contributed by atoms with Crippen LogP contribution in [0.3, 0.4) is 0 Å². The summed E-state index contributed by atoms with van der Waals surface area (Å²) in [6.45, 7) is 0. The quantitative estimate of drug-likeness (QED) is 0.619. The lowest BCUT2D eigenvalue weighted by Gasteiger charge is -2.05. The predicted molar refractivity (Wildman–Crippen MR) is 76.5 cm³/mol. The van der Waals surface area contributed by atoms with Gasteiger partial charge in [0.15, 0.2) is 0 Å². The Bertz CT molecular complexity index is 930. The van der Waals surface area contributed by atoms with Gasteiger partial charge in [-0.2, -0.15) is 0 Å². The summed E-state index contributed by atoms with van der Waals surface area (Å²) >= 11 is 1.20. The highest BCUT2D eigenvalue weighted by Gasteiger charge is 2.33. The zero-order chi connectivity index (χ0) is 16.1. The molecule has 0 fully saturated rings. The molecule has 2 heterocycles. The molecule has 0 unspecified atom stereocenters. The van der Waals surface area contributed by atoms with E-state index in [1.54, 1.807) is 18.2 Å². The maximum atomic E-state index is 11.8. The summed E-state index contributed by atoms with van der Waals surface area (Å²) in [4.78, 5) is 47.6. The molecule has 0 aromatic heterocycles. The fraction of sp³-hybridized carbons (Fsp3) is 0. The summed E-state index contributed by atoms with van der Waals surface area (Å²) < 4.78 is 9.14. The Kier molecular flexibility index (Phi) is 2.85. The van der Waals surface area contributed by atoms with Crippen molar-refractivity contribution in [3.05, 3.63) is 58.7 Å². The van der Waals surface area contributed by atoms with E-state index in [-0.39, 0.29) is 22.3 Å². The van der Waals surface area contributed by atoms with Crippen molar-refractivity contribution in [3.63, 3.8) is 0 Å². The first-order chi connectivity index (χ1) is 11.0. The number of carbonyl (C=O) groups is 4. The third-order valence-electron chi connectivity index (χ3n) is 3.48. The van der Waals surface area contributed by atoms with Crippen LogP contribution in [0.5, 0.6) is 0 Å². The number of ether oxygens (including phenoxy) is 2. The Morgan fingerprint density at radius 3 is 2.22 bits per heavy atom. The van der Waals surface area contributed by atoms with Crippen LogP contribution in [0.1, 0.15) is 41.4 Å². The molecule has 112 valence electrons. The summed E-state index contributed by atoms with van der Waals surface area (Å²) in [5.41, 5.74) is 0.829. The third-order valence-corrected chi connectivity index (χ3v) is 4.53. The molecule has 2 aromatic carbocycles. The van der Waals surface area contributed by atoms with E-state index < -0.39 is 23.9 Å². The van der Waals surface area contributed by atoms with E-state index in [1.807, 2.05) is 0 Å². The van der Waals surface area contributed by atoms with E-state index in [9.17, 15) is 19.2 Å². The number of cyclic esters (lactones) is 4. The molecule has 23 heavy (non-hydrogen) atoms. The monoisotopic (exact) mass is 326 g/mol. The zero-order valence-electron chi connectivity index (χ0n) is 11.3. The predicted octanol–water partition coefficient (Wildman–Crippen LogP) is 2.46. The number of esters is 4. The van der Waals surface area contributed by atoms with Gasteiger partial charge >= 0.3 is 23.9 Å². The lowest BCUT2D eigenvalue weighted by molar-refractivity contribution is 0.0425. The van der Waals surface area contributed by atoms with Crippen molar-refractivity contribution in [2.24, 2.45) is 0 Å². The van der Waals surface area contributed by atoms with Gasteiger partial charge in [-0.3, -0.25) is 0 Å². The molecule has 0 saturated carbocycles. The summed E-state index contributed by atoms with van der Waals surface area (Å²) in [6, 6.07) is 9.51. The minimum absolute atomic E-state index is 0.186. The molecule has 0 atom stereocenters. The van der Waals surface area contributed by atoms with Crippen molar-refractivity contribution < 1.29 is 28.7 Å². The molecule has 6 nitrogen and oxygen atoms in total. The normalized spacial score (nSPS) is 15.3. The first-order valence-electron chi connectivity index (χ1n) is 6.52. The van der Waals surface area contributed by atoms with E-state index in [0.717, 1.165) is 0 Å². The van der Waals surface area contributed by atoms with Gasteiger partial charge in [0.1, 0.15) is 0 Å². The van der Waals surface area contributed by atoms with Crippen LogP contribution in [0.25, 0.3) is 0 Å². The molecule has 0 bridgehead atoms. The SMILES string of the molecule is O=C1OC(=O)c2cc(Sc3cccc4c3C(=O)OC4=O)ccc21. The lowest BCUT2D eigenvalue weighted by Crippen LogP contribution is -1.98. The summed E-state index contributed by atoms with van der Waals surface area (Å²) in [5, 5.41) is 0. The molecule has 2 aliphatic rings. The van der Waals surface area contributed by atoms with Crippen molar-refractivity contribution in [2.75, 3.05) is 0 Å². The van der Waals surface area contributed by atoms with Crippen molar-refractivity contribution >= 4 is 35.6 Å². The molecule has 2 aliphatic heterocycles. The molecule has 0 radical (unpaired) electrons. The first-order valence-corrected chi connectivity index (χ1v) is 7.34. The Morgan fingerprint density at radius 1 is 0.696 bits per heavy atom. The molecule has 7 heteroatoms. The molecule has 0 saturated heterocycles. The fourth-order valence-corrected chi connectivity index (χ4v) is 3.45. The molecular formula is C16H6O6S. The molecular weight excluding hydrogens is 320 g/mol. The highest BCUT2D eigenvalue weighted by atomic mass is 32.2. The summed E-state index contributed by atoms with van der Waals surface area (Å²) in [5.74, 6) is -2.73. The van der Waals surface area contributed by atoms with E-state index in [2.05, 4.69) is 9.47 Å². The lowest BCUT2D eigenvalue weighted by atomic mass is 10.1. The molecule has 2 aromatic rings. The smallest absolute Gasteiger partial charge is 0.348 e. The van der Waals surface area contributed by atoms with Gasteiger partial charge < -0.3 is 9.47 Å². The minimum atomic E-state index is -0.694. The third kappa shape index (κ3) is 2.05. The van der Waals surface area contributed by atoms with Crippen LogP contribution in [0.4, 0.5) is 0 Å². The second kappa shape index (κ2) is 4.79. The van der Waals surface area contributed by atoms with Gasteiger partial charge in [-0.1, -0.05) is 17.8 Å². The number of rotatable bonds is 2. The zero-order valence-corrected chi connectivity index (χ0v) is 12.1. The van der Waals surface area contributed by atoms with Crippen LogP contribution in [0, 0.1) is 0 Å². The largest absolute Gasteiger partial charge is 0.386 e. The van der Waals surface area contributed by atoms with Crippen LogP contribution in [0.15, 0.2) is 46.2 Å². The van der Waals surface area contributed by atoms with Crippen molar-refractivity contribution in [1.29, 1.82) is 0 Å². The van der Waals surface area contributed by atoms with E-state index >= 15 is 0 Å². The highest BCUT2D eigenvalue weighted by molar-refractivity contribution is 7.99.